The van der Waals surface area contributed by atoms with E-state index in [0.29, 0.717) is 23.6 Å². The summed E-state index contributed by atoms with van der Waals surface area (Å²) < 4.78 is 13.4. The van der Waals surface area contributed by atoms with Crippen LogP contribution in [0, 0.1) is 5.82 Å². The van der Waals surface area contributed by atoms with Crippen molar-refractivity contribution < 1.29 is 9.18 Å². The zero-order valence-electron chi connectivity index (χ0n) is 14.3. The van der Waals surface area contributed by atoms with Gasteiger partial charge in [0.25, 0.3) is 5.91 Å². The van der Waals surface area contributed by atoms with Crippen molar-refractivity contribution in [1.82, 2.24) is 4.98 Å². The number of carbonyl (C=O) groups is 1. The van der Waals surface area contributed by atoms with Crippen LogP contribution in [0.15, 0.2) is 66.9 Å². The normalized spacial score (nSPS) is 15.6. The maximum Gasteiger partial charge on any atom is 0.262 e. The topological polar surface area (TPSA) is 45.2 Å². The van der Waals surface area contributed by atoms with E-state index >= 15 is 0 Å². The van der Waals surface area contributed by atoms with Crippen molar-refractivity contribution in [3.8, 4) is 0 Å². The van der Waals surface area contributed by atoms with E-state index < -0.39 is 0 Å². The predicted molar refractivity (Wildman–Crippen MR) is 100 cm³/mol. The Labute approximate surface area is 151 Å². The third kappa shape index (κ3) is 2.92. The number of fused-ring (bicyclic) bond motifs is 1. The van der Waals surface area contributed by atoms with E-state index in [1.165, 1.54) is 17.7 Å². The largest absolute Gasteiger partial charge is 0.339 e. The van der Waals surface area contributed by atoms with Crippen LogP contribution in [0.4, 0.5) is 21.6 Å². The number of nitrogens with zero attached hydrogens (tertiary/aromatic N) is 2. The van der Waals surface area contributed by atoms with Gasteiger partial charge in [0.15, 0.2) is 0 Å². The summed E-state index contributed by atoms with van der Waals surface area (Å²) in [4.78, 5) is 19.3. The fraction of sp³-hybridized carbons (Fsp3) is 0.143. The van der Waals surface area contributed by atoms with E-state index in [-0.39, 0.29) is 17.6 Å². The van der Waals surface area contributed by atoms with Crippen LogP contribution in [0.5, 0.6) is 0 Å². The third-order valence-corrected chi connectivity index (χ3v) is 4.59. The molecule has 2 heterocycles. The van der Waals surface area contributed by atoms with Crippen LogP contribution in [0.1, 0.15) is 28.8 Å². The first kappa shape index (κ1) is 16.3. The van der Waals surface area contributed by atoms with Gasteiger partial charge >= 0.3 is 0 Å². The number of carbonyl (C=O) groups excluding carboxylic acids is 1. The number of halogens is 1. The lowest BCUT2D eigenvalue weighted by atomic mass is 10.0. The second-order valence-electron chi connectivity index (χ2n) is 6.41. The molecule has 0 aliphatic carbocycles. The van der Waals surface area contributed by atoms with Crippen LogP contribution in [0.3, 0.4) is 0 Å². The van der Waals surface area contributed by atoms with Crippen molar-refractivity contribution in [2.45, 2.75) is 12.8 Å². The van der Waals surface area contributed by atoms with Crippen molar-refractivity contribution in [2.24, 2.45) is 0 Å². The second kappa shape index (κ2) is 6.59. The summed E-state index contributed by atoms with van der Waals surface area (Å²) in [6.45, 7) is 2.74. The zero-order valence-corrected chi connectivity index (χ0v) is 14.3. The highest BCUT2D eigenvalue weighted by atomic mass is 19.1. The number of pyridine rings is 1. The molecule has 0 spiro atoms. The zero-order chi connectivity index (χ0) is 18.1. The molecule has 130 valence electrons. The first-order valence-corrected chi connectivity index (χ1v) is 8.52. The van der Waals surface area contributed by atoms with Crippen molar-refractivity contribution in [2.75, 3.05) is 16.8 Å². The maximum atomic E-state index is 13.4. The van der Waals surface area contributed by atoms with Crippen LogP contribution in [-0.2, 0) is 0 Å². The number of para-hydroxylation sites is 1. The van der Waals surface area contributed by atoms with E-state index in [2.05, 4.69) is 23.3 Å². The smallest absolute Gasteiger partial charge is 0.262 e. The van der Waals surface area contributed by atoms with Gasteiger partial charge in [0.2, 0.25) is 0 Å². The standard InChI is InChI=1S/C21H18FN3O/c1-14-13-25(19-10-3-2-8-17(14)19)21(26)18-9-5-11-23-20(18)24-16-7-4-6-15(22)12-16/h2-12,14H,13H2,1H3,(H,23,24)/t14-/m0/s1. The Morgan fingerprint density at radius 2 is 2.00 bits per heavy atom. The number of anilines is 3. The van der Waals surface area contributed by atoms with Gasteiger partial charge in [0.05, 0.1) is 5.56 Å². The Morgan fingerprint density at radius 3 is 2.85 bits per heavy atom. The Hall–Kier alpha value is -3.21. The molecule has 0 unspecified atom stereocenters. The van der Waals surface area contributed by atoms with Gasteiger partial charge in [0, 0.05) is 30.0 Å². The van der Waals surface area contributed by atoms with Gasteiger partial charge in [0.1, 0.15) is 11.6 Å². The number of benzene rings is 2. The molecule has 0 bridgehead atoms. The summed E-state index contributed by atoms with van der Waals surface area (Å²) in [6.07, 6.45) is 1.61. The number of amides is 1. The lowest BCUT2D eigenvalue weighted by molar-refractivity contribution is 0.0989. The number of hydrogen-bond donors (Lipinski definition) is 1. The quantitative estimate of drug-likeness (QED) is 0.745. The second-order valence-corrected chi connectivity index (χ2v) is 6.41. The molecule has 0 saturated carbocycles. The minimum absolute atomic E-state index is 0.117. The molecular weight excluding hydrogens is 329 g/mol. The number of rotatable bonds is 3. The lowest BCUT2D eigenvalue weighted by Crippen LogP contribution is -2.30. The fourth-order valence-electron chi connectivity index (χ4n) is 3.34. The summed E-state index contributed by atoms with van der Waals surface area (Å²) >= 11 is 0. The molecule has 1 amide bonds. The molecule has 1 aliphatic heterocycles. The summed E-state index contributed by atoms with van der Waals surface area (Å²) in [7, 11) is 0. The van der Waals surface area contributed by atoms with Gasteiger partial charge in [-0.2, -0.15) is 0 Å². The Morgan fingerprint density at radius 1 is 1.15 bits per heavy atom. The van der Waals surface area contributed by atoms with Crippen LogP contribution in [-0.4, -0.2) is 17.4 Å². The maximum absolute atomic E-state index is 13.4. The van der Waals surface area contributed by atoms with E-state index in [9.17, 15) is 9.18 Å². The molecule has 3 aromatic rings. The van der Waals surface area contributed by atoms with E-state index in [1.54, 1.807) is 35.4 Å². The van der Waals surface area contributed by atoms with Crippen molar-refractivity contribution in [3.63, 3.8) is 0 Å². The SMILES string of the molecule is C[C@H]1CN(C(=O)c2cccnc2Nc2cccc(F)c2)c2ccccc21. The average Bonchev–Trinajstić information content (AvgIpc) is 2.99. The van der Waals surface area contributed by atoms with Crippen LogP contribution >= 0.6 is 0 Å². The monoisotopic (exact) mass is 347 g/mol. The molecule has 1 aliphatic rings. The molecule has 4 nitrogen and oxygen atoms in total. The molecule has 5 heteroatoms. The molecule has 1 N–H and O–H groups in total. The number of nitrogens with one attached hydrogen (secondary N) is 1. The van der Waals surface area contributed by atoms with Crippen LogP contribution in [0.25, 0.3) is 0 Å². The summed E-state index contributed by atoms with van der Waals surface area (Å²) in [5.41, 5.74) is 3.11. The van der Waals surface area contributed by atoms with Crippen molar-refractivity contribution in [1.29, 1.82) is 0 Å². The van der Waals surface area contributed by atoms with E-state index in [4.69, 9.17) is 0 Å². The van der Waals surface area contributed by atoms with Gasteiger partial charge in [-0.1, -0.05) is 31.2 Å². The number of aromatic nitrogens is 1. The minimum atomic E-state index is -0.346. The van der Waals surface area contributed by atoms with Crippen LogP contribution < -0.4 is 10.2 Å². The van der Waals surface area contributed by atoms with Crippen LogP contribution in [0.2, 0.25) is 0 Å². The third-order valence-electron chi connectivity index (χ3n) is 4.59. The van der Waals surface area contributed by atoms with Gasteiger partial charge in [-0.3, -0.25) is 4.79 Å². The Balaban J connectivity index is 1.68. The molecular formula is C21H18FN3O. The first-order chi connectivity index (χ1) is 12.6. The molecule has 0 saturated heterocycles. The summed E-state index contributed by atoms with van der Waals surface area (Å²) in [6, 6.07) is 17.5. The highest BCUT2D eigenvalue weighted by Gasteiger charge is 2.31. The highest BCUT2D eigenvalue weighted by molar-refractivity contribution is 6.10. The van der Waals surface area contributed by atoms with Gasteiger partial charge in [-0.05, 0) is 42.0 Å². The number of hydrogen-bond acceptors (Lipinski definition) is 3. The summed E-state index contributed by atoms with van der Waals surface area (Å²) in [5, 5.41) is 3.05. The minimum Gasteiger partial charge on any atom is -0.339 e. The Kier molecular flexibility index (Phi) is 4.13. The van der Waals surface area contributed by atoms with Gasteiger partial charge < -0.3 is 10.2 Å². The lowest BCUT2D eigenvalue weighted by Gasteiger charge is -2.19. The predicted octanol–water partition coefficient (Wildman–Crippen LogP) is 4.73. The van der Waals surface area contributed by atoms with E-state index in [0.717, 1.165) is 5.69 Å². The fourth-order valence-corrected chi connectivity index (χ4v) is 3.34. The van der Waals surface area contributed by atoms with Crippen molar-refractivity contribution in [3.05, 3.63) is 83.8 Å². The molecule has 0 radical (unpaired) electrons. The average molecular weight is 347 g/mol. The van der Waals surface area contributed by atoms with Gasteiger partial charge in [-0.15, -0.1) is 0 Å². The van der Waals surface area contributed by atoms with Gasteiger partial charge in [-0.25, -0.2) is 9.37 Å². The Bertz CT molecular complexity index is 973. The van der Waals surface area contributed by atoms with E-state index in [1.807, 2.05) is 18.2 Å². The molecule has 0 fully saturated rings. The molecule has 4 rings (SSSR count). The highest BCUT2D eigenvalue weighted by Crippen LogP contribution is 2.37. The molecule has 26 heavy (non-hydrogen) atoms. The first-order valence-electron chi connectivity index (χ1n) is 8.52. The molecule has 1 atom stereocenters. The van der Waals surface area contributed by atoms with Crippen molar-refractivity contribution >= 4 is 23.1 Å². The molecule has 2 aromatic carbocycles. The summed E-state index contributed by atoms with van der Waals surface area (Å²) in [5.74, 6) is 0.237. The molecule has 1 aromatic heterocycles.